The van der Waals surface area contributed by atoms with Crippen LogP contribution < -0.4 is 0 Å². The van der Waals surface area contributed by atoms with Crippen molar-refractivity contribution in [2.24, 2.45) is 0 Å². The van der Waals surface area contributed by atoms with Crippen molar-refractivity contribution in [2.75, 3.05) is 0 Å². The van der Waals surface area contributed by atoms with Crippen LogP contribution in [-0.2, 0) is 0 Å². The molecule has 0 aromatic carbocycles. The summed E-state index contributed by atoms with van der Waals surface area (Å²) in [4.78, 5) is 0. The SMILES string of the molecule is [CH2]CCCCCCCCCCCCCCCCCCCCCCCCCCCCCCCCCCCCCCCCCCCCCCCC. The van der Waals surface area contributed by atoms with Gasteiger partial charge >= 0.3 is 0 Å². The molecule has 0 spiro atoms. The molecule has 0 saturated heterocycles. The van der Waals surface area contributed by atoms with Gasteiger partial charge in [0.25, 0.3) is 0 Å². The molecule has 49 heavy (non-hydrogen) atoms. The monoisotopic (exact) mass is 688 g/mol. The van der Waals surface area contributed by atoms with Crippen molar-refractivity contribution in [2.45, 2.75) is 309 Å². The zero-order chi connectivity index (χ0) is 35.2. The van der Waals surface area contributed by atoms with Crippen molar-refractivity contribution < 1.29 is 0 Å². The van der Waals surface area contributed by atoms with Crippen LogP contribution in [0.3, 0.4) is 0 Å². The zero-order valence-corrected chi connectivity index (χ0v) is 34.9. The predicted octanol–water partition coefficient (Wildman–Crippen LogP) is 19.2. The van der Waals surface area contributed by atoms with Gasteiger partial charge in [-0.1, -0.05) is 316 Å². The lowest BCUT2D eigenvalue weighted by Crippen LogP contribution is -1.85. The number of hydrogen-bond acceptors (Lipinski definition) is 0. The third-order valence-electron chi connectivity index (χ3n) is 11.6. The minimum atomic E-state index is 1.12. The smallest absolute Gasteiger partial charge is 0.0533 e. The molecular formula is C49H99. The lowest BCUT2D eigenvalue weighted by Gasteiger charge is -2.05. The highest BCUT2D eigenvalue weighted by Gasteiger charge is 1.98. The summed E-state index contributed by atoms with van der Waals surface area (Å²) < 4.78 is 0. The van der Waals surface area contributed by atoms with Gasteiger partial charge in [-0.3, -0.25) is 0 Å². The van der Waals surface area contributed by atoms with E-state index in [0.717, 1.165) is 6.42 Å². The van der Waals surface area contributed by atoms with E-state index >= 15 is 0 Å². The van der Waals surface area contributed by atoms with E-state index in [1.165, 1.54) is 295 Å². The van der Waals surface area contributed by atoms with E-state index in [1.807, 2.05) is 0 Å². The second-order valence-corrected chi connectivity index (χ2v) is 16.8. The standard InChI is InChI=1S/C49H99/c1-3-5-7-9-11-13-15-17-19-21-23-25-27-29-31-33-35-37-39-41-43-45-47-49-48-46-44-42-40-38-36-34-32-30-28-26-24-22-20-18-16-14-12-10-8-6-4-2/h1,3-49H2,2H3. The molecule has 0 N–H and O–H groups in total. The molecule has 0 aromatic heterocycles. The molecule has 295 valence electrons. The first-order valence-electron chi connectivity index (χ1n) is 24.2. The maximum atomic E-state index is 3.94. The number of unbranched alkanes of at least 4 members (excludes halogenated alkanes) is 46. The molecule has 0 saturated carbocycles. The summed E-state index contributed by atoms with van der Waals surface area (Å²) in [5.41, 5.74) is 0. The van der Waals surface area contributed by atoms with Crippen LogP contribution in [-0.4, -0.2) is 0 Å². The summed E-state index contributed by atoms with van der Waals surface area (Å²) in [7, 11) is 0. The molecule has 0 heteroatoms. The molecule has 0 aromatic rings. The highest BCUT2D eigenvalue weighted by molar-refractivity contribution is 4.54. The zero-order valence-electron chi connectivity index (χ0n) is 34.9. The molecule has 0 unspecified atom stereocenters. The first-order valence-corrected chi connectivity index (χ1v) is 24.2. The second kappa shape index (κ2) is 48.0. The first-order chi connectivity index (χ1) is 24.4. The van der Waals surface area contributed by atoms with Gasteiger partial charge in [0.1, 0.15) is 0 Å². The summed E-state index contributed by atoms with van der Waals surface area (Å²) in [5.74, 6) is 0. The van der Waals surface area contributed by atoms with Gasteiger partial charge in [-0.2, -0.15) is 0 Å². The topological polar surface area (TPSA) is 0 Å². The van der Waals surface area contributed by atoms with Crippen molar-refractivity contribution in [1.82, 2.24) is 0 Å². The molecule has 0 fully saturated rings. The third-order valence-corrected chi connectivity index (χ3v) is 11.6. The summed E-state index contributed by atoms with van der Waals surface area (Å²) in [5, 5.41) is 0. The van der Waals surface area contributed by atoms with E-state index in [2.05, 4.69) is 13.8 Å². The molecule has 0 rings (SSSR count). The lowest BCUT2D eigenvalue weighted by atomic mass is 10.0. The molecule has 0 nitrogen and oxygen atoms in total. The van der Waals surface area contributed by atoms with E-state index in [9.17, 15) is 0 Å². The fourth-order valence-corrected chi connectivity index (χ4v) is 8.03. The van der Waals surface area contributed by atoms with Crippen molar-refractivity contribution >= 4 is 0 Å². The Labute approximate surface area is 314 Å². The fraction of sp³-hybridized carbons (Fsp3) is 0.980. The number of hydrogen-bond donors (Lipinski definition) is 0. The van der Waals surface area contributed by atoms with E-state index in [-0.39, 0.29) is 0 Å². The van der Waals surface area contributed by atoms with Crippen LogP contribution in [0.5, 0.6) is 0 Å². The van der Waals surface area contributed by atoms with Crippen LogP contribution in [0.4, 0.5) is 0 Å². The minimum absolute atomic E-state index is 1.12. The van der Waals surface area contributed by atoms with Gasteiger partial charge in [0.15, 0.2) is 0 Å². The van der Waals surface area contributed by atoms with Crippen LogP contribution in [0.2, 0.25) is 0 Å². The van der Waals surface area contributed by atoms with Crippen LogP contribution in [0.1, 0.15) is 309 Å². The van der Waals surface area contributed by atoms with Crippen molar-refractivity contribution in [3.8, 4) is 0 Å². The molecule has 0 aliphatic rings. The molecule has 1 radical (unpaired) electrons. The Morgan fingerprint density at radius 1 is 0.163 bits per heavy atom. The van der Waals surface area contributed by atoms with Gasteiger partial charge in [0.2, 0.25) is 0 Å². The Kier molecular flexibility index (Phi) is 48.0. The molecule has 0 atom stereocenters. The fourth-order valence-electron chi connectivity index (χ4n) is 8.03. The van der Waals surface area contributed by atoms with Crippen LogP contribution >= 0.6 is 0 Å². The van der Waals surface area contributed by atoms with E-state index in [0.29, 0.717) is 0 Å². The minimum Gasteiger partial charge on any atom is -0.0654 e. The maximum absolute atomic E-state index is 3.94. The van der Waals surface area contributed by atoms with Gasteiger partial charge in [0, 0.05) is 0 Å². The van der Waals surface area contributed by atoms with Crippen LogP contribution in [0.25, 0.3) is 0 Å². The molecular weight excluding hydrogens is 589 g/mol. The Hall–Kier alpha value is 0. The van der Waals surface area contributed by atoms with Gasteiger partial charge in [0.05, 0.1) is 0 Å². The number of rotatable bonds is 46. The van der Waals surface area contributed by atoms with Crippen LogP contribution in [0, 0.1) is 6.92 Å². The molecule has 0 amide bonds. The Morgan fingerprint density at radius 3 is 0.367 bits per heavy atom. The van der Waals surface area contributed by atoms with Crippen molar-refractivity contribution in [1.29, 1.82) is 0 Å². The largest absolute Gasteiger partial charge is 0.0654 e. The molecule has 0 aliphatic heterocycles. The van der Waals surface area contributed by atoms with Crippen LogP contribution in [0.15, 0.2) is 0 Å². The first kappa shape index (κ1) is 49.0. The molecule has 0 aliphatic carbocycles. The normalized spacial score (nSPS) is 11.6. The molecule has 0 bridgehead atoms. The van der Waals surface area contributed by atoms with Gasteiger partial charge in [-0.05, 0) is 0 Å². The molecule has 0 heterocycles. The summed E-state index contributed by atoms with van der Waals surface area (Å²) in [6.45, 7) is 6.25. The van der Waals surface area contributed by atoms with Gasteiger partial charge in [-0.15, -0.1) is 0 Å². The quantitative estimate of drug-likeness (QED) is 0.0559. The summed E-state index contributed by atoms with van der Waals surface area (Å²) in [6, 6.07) is 0. The van der Waals surface area contributed by atoms with E-state index in [4.69, 9.17) is 0 Å². The summed E-state index contributed by atoms with van der Waals surface area (Å²) >= 11 is 0. The van der Waals surface area contributed by atoms with E-state index < -0.39 is 0 Å². The Morgan fingerprint density at radius 2 is 0.265 bits per heavy atom. The third kappa shape index (κ3) is 48.0. The highest BCUT2D eigenvalue weighted by atomic mass is 14.0. The highest BCUT2D eigenvalue weighted by Crippen LogP contribution is 2.18. The Balaban J connectivity index is 3.04. The average Bonchev–Trinajstić information content (AvgIpc) is 3.11. The Bertz CT molecular complexity index is 476. The maximum Gasteiger partial charge on any atom is -0.0533 e. The average molecular weight is 688 g/mol. The lowest BCUT2D eigenvalue weighted by molar-refractivity contribution is 0.508. The van der Waals surface area contributed by atoms with Gasteiger partial charge < -0.3 is 0 Å². The van der Waals surface area contributed by atoms with Crippen molar-refractivity contribution in [3.63, 3.8) is 0 Å². The van der Waals surface area contributed by atoms with E-state index in [1.54, 1.807) is 0 Å². The van der Waals surface area contributed by atoms with Gasteiger partial charge in [-0.25, -0.2) is 0 Å². The summed E-state index contributed by atoms with van der Waals surface area (Å²) in [6.07, 6.45) is 69.3. The van der Waals surface area contributed by atoms with Crippen molar-refractivity contribution in [3.05, 3.63) is 6.92 Å². The predicted molar refractivity (Wildman–Crippen MR) is 228 cm³/mol. The second-order valence-electron chi connectivity index (χ2n) is 16.8.